The second-order valence-electron chi connectivity index (χ2n) is 3.67. The van der Waals surface area contributed by atoms with Crippen LogP contribution in [0.4, 0.5) is 0 Å². The van der Waals surface area contributed by atoms with Gasteiger partial charge in [0.15, 0.2) is 0 Å². The molecule has 0 aromatic carbocycles. The molecule has 0 spiro atoms. The summed E-state index contributed by atoms with van der Waals surface area (Å²) in [6, 6.07) is 4.11. The van der Waals surface area contributed by atoms with E-state index in [-0.39, 0.29) is 18.4 Å². The van der Waals surface area contributed by atoms with Gasteiger partial charge < -0.3 is 10.2 Å². The average molecular weight is 202 g/mol. The lowest BCUT2D eigenvalue weighted by atomic mass is 9.79. The van der Waals surface area contributed by atoms with E-state index in [0.717, 1.165) is 11.5 Å². The molecule has 1 unspecified atom stereocenters. The molecule has 0 radical (unpaired) electrons. The number of halogens is 1. The second kappa shape index (κ2) is 4.16. The fourth-order valence-corrected chi connectivity index (χ4v) is 1.66. The van der Waals surface area contributed by atoms with Crippen molar-refractivity contribution in [3.05, 3.63) is 23.7 Å². The van der Waals surface area contributed by atoms with Gasteiger partial charge in [-0.15, -0.1) is 12.4 Å². The molecule has 2 rings (SSSR count). The molecule has 1 saturated carbocycles. The van der Waals surface area contributed by atoms with E-state index in [1.54, 1.807) is 0 Å². The molecule has 0 aliphatic heterocycles. The summed E-state index contributed by atoms with van der Waals surface area (Å²) in [5.41, 5.74) is 6.02. The summed E-state index contributed by atoms with van der Waals surface area (Å²) in [7, 11) is 0. The fraction of sp³-hybridized carbons (Fsp3) is 0.600. The van der Waals surface area contributed by atoms with Crippen LogP contribution < -0.4 is 5.73 Å². The van der Waals surface area contributed by atoms with Crippen molar-refractivity contribution < 1.29 is 4.42 Å². The van der Waals surface area contributed by atoms with Gasteiger partial charge in [0, 0.05) is 0 Å². The lowest BCUT2D eigenvalue weighted by Crippen LogP contribution is -2.26. The van der Waals surface area contributed by atoms with Gasteiger partial charge in [-0.2, -0.15) is 0 Å². The maximum atomic E-state index is 6.02. The molecule has 3 heteroatoms. The number of furan rings is 1. The van der Waals surface area contributed by atoms with E-state index in [1.165, 1.54) is 19.3 Å². The molecule has 0 saturated heterocycles. The van der Waals surface area contributed by atoms with Gasteiger partial charge in [-0.3, -0.25) is 0 Å². The monoisotopic (exact) mass is 201 g/mol. The van der Waals surface area contributed by atoms with Crippen LogP contribution in [0.2, 0.25) is 0 Å². The van der Waals surface area contributed by atoms with Gasteiger partial charge in [-0.1, -0.05) is 6.42 Å². The number of hydrogen-bond donors (Lipinski definition) is 1. The molecule has 1 aliphatic carbocycles. The van der Waals surface area contributed by atoms with Crippen molar-refractivity contribution in [3.8, 4) is 0 Å². The van der Waals surface area contributed by atoms with Crippen LogP contribution in [0.15, 0.2) is 16.5 Å². The predicted molar refractivity (Wildman–Crippen MR) is 55.0 cm³/mol. The first-order valence-corrected chi connectivity index (χ1v) is 4.59. The van der Waals surface area contributed by atoms with Crippen LogP contribution >= 0.6 is 12.4 Å². The third-order valence-electron chi connectivity index (χ3n) is 2.75. The second-order valence-corrected chi connectivity index (χ2v) is 3.67. The summed E-state index contributed by atoms with van der Waals surface area (Å²) >= 11 is 0. The number of aryl methyl sites for hydroxylation is 1. The van der Waals surface area contributed by atoms with Crippen molar-refractivity contribution in [1.82, 2.24) is 0 Å². The first-order chi connectivity index (χ1) is 5.77. The quantitative estimate of drug-likeness (QED) is 0.799. The third-order valence-corrected chi connectivity index (χ3v) is 2.75. The summed E-state index contributed by atoms with van der Waals surface area (Å²) in [5, 5.41) is 0. The van der Waals surface area contributed by atoms with E-state index >= 15 is 0 Å². The highest BCUT2D eigenvalue weighted by Gasteiger charge is 2.27. The minimum Gasteiger partial charge on any atom is -0.465 e. The number of rotatable bonds is 2. The topological polar surface area (TPSA) is 39.2 Å². The molecule has 1 fully saturated rings. The molecule has 13 heavy (non-hydrogen) atoms. The Kier molecular flexibility index (Phi) is 3.40. The van der Waals surface area contributed by atoms with Crippen molar-refractivity contribution in [2.75, 3.05) is 0 Å². The molecule has 1 aliphatic rings. The van der Waals surface area contributed by atoms with Gasteiger partial charge in [0.05, 0.1) is 6.04 Å². The fourth-order valence-electron chi connectivity index (χ4n) is 1.66. The summed E-state index contributed by atoms with van der Waals surface area (Å²) in [6.07, 6.45) is 3.86. The Labute approximate surface area is 84.9 Å². The van der Waals surface area contributed by atoms with E-state index in [4.69, 9.17) is 10.2 Å². The normalized spacial score (nSPS) is 18.9. The zero-order valence-corrected chi connectivity index (χ0v) is 8.64. The van der Waals surface area contributed by atoms with Crippen molar-refractivity contribution in [3.63, 3.8) is 0 Å². The van der Waals surface area contributed by atoms with Crippen molar-refractivity contribution in [2.45, 2.75) is 32.2 Å². The highest BCUT2D eigenvalue weighted by Crippen LogP contribution is 2.36. The van der Waals surface area contributed by atoms with Crippen molar-refractivity contribution >= 4 is 12.4 Å². The standard InChI is InChI=1S/C10H15NO.ClH/c1-7-5-6-9(12-7)10(11)8-3-2-4-8;/h5-6,8,10H,2-4,11H2,1H3;1H. The number of hydrogen-bond acceptors (Lipinski definition) is 2. The SMILES string of the molecule is Cc1ccc(C(N)C2CCC2)o1.Cl. The van der Waals surface area contributed by atoms with E-state index in [9.17, 15) is 0 Å². The molecule has 1 aromatic rings. The highest BCUT2D eigenvalue weighted by atomic mass is 35.5. The molecule has 2 N–H and O–H groups in total. The van der Waals surface area contributed by atoms with Crippen LogP contribution in [0.3, 0.4) is 0 Å². The molecule has 1 atom stereocenters. The first-order valence-electron chi connectivity index (χ1n) is 4.59. The molecular weight excluding hydrogens is 186 g/mol. The lowest BCUT2D eigenvalue weighted by molar-refractivity contribution is 0.239. The van der Waals surface area contributed by atoms with Crippen LogP contribution in [0, 0.1) is 12.8 Å². The van der Waals surface area contributed by atoms with Gasteiger partial charge >= 0.3 is 0 Å². The predicted octanol–water partition coefficient (Wildman–Crippen LogP) is 2.81. The zero-order chi connectivity index (χ0) is 8.55. The minimum atomic E-state index is 0. The van der Waals surface area contributed by atoms with Gasteiger partial charge in [0.1, 0.15) is 11.5 Å². The Morgan fingerprint density at radius 3 is 2.54 bits per heavy atom. The number of nitrogens with two attached hydrogens (primary N) is 1. The summed E-state index contributed by atoms with van der Waals surface area (Å²) in [5.74, 6) is 2.58. The zero-order valence-electron chi connectivity index (χ0n) is 7.82. The van der Waals surface area contributed by atoms with Crippen molar-refractivity contribution in [1.29, 1.82) is 0 Å². The molecule has 0 bridgehead atoms. The van der Waals surface area contributed by atoms with E-state index in [1.807, 2.05) is 19.1 Å². The Bertz CT molecular complexity index is 268. The first kappa shape index (κ1) is 10.6. The van der Waals surface area contributed by atoms with Crippen LogP contribution in [0.25, 0.3) is 0 Å². The van der Waals surface area contributed by atoms with Gasteiger partial charge in [0.25, 0.3) is 0 Å². The molecule has 0 amide bonds. The Balaban J connectivity index is 0.000000845. The van der Waals surface area contributed by atoms with E-state index in [0.29, 0.717) is 5.92 Å². The maximum absolute atomic E-state index is 6.02. The highest BCUT2D eigenvalue weighted by molar-refractivity contribution is 5.85. The smallest absolute Gasteiger partial charge is 0.121 e. The lowest BCUT2D eigenvalue weighted by Gasteiger charge is -2.29. The van der Waals surface area contributed by atoms with Crippen LogP contribution in [-0.2, 0) is 0 Å². The molecule has 1 aromatic heterocycles. The molecule has 74 valence electrons. The van der Waals surface area contributed by atoms with Gasteiger partial charge in [-0.25, -0.2) is 0 Å². The largest absolute Gasteiger partial charge is 0.465 e. The summed E-state index contributed by atoms with van der Waals surface area (Å²) in [6.45, 7) is 1.96. The Morgan fingerprint density at radius 2 is 2.15 bits per heavy atom. The molecule has 1 heterocycles. The Hall–Kier alpha value is -0.470. The van der Waals surface area contributed by atoms with E-state index in [2.05, 4.69) is 0 Å². The summed E-state index contributed by atoms with van der Waals surface area (Å²) < 4.78 is 5.48. The van der Waals surface area contributed by atoms with Gasteiger partial charge in [-0.05, 0) is 37.8 Å². The third kappa shape index (κ3) is 2.06. The van der Waals surface area contributed by atoms with Crippen LogP contribution in [-0.4, -0.2) is 0 Å². The van der Waals surface area contributed by atoms with Gasteiger partial charge in [0.2, 0.25) is 0 Å². The van der Waals surface area contributed by atoms with E-state index < -0.39 is 0 Å². The maximum Gasteiger partial charge on any atom is 0.121 e. The molecule has 2 nitrogen and oxygen atoms in total. The summed E-state index contributed by atoms with van der Waals surface area (Å²) in [4.78, 5) is 0. The molecular formula is C10H16ClNO. The van der Waals surface area contributed by atoms with Crippen LogP contribution in [0.5, 0.6) is 0 Å². The van der Waals surface area contributed by atoms with Crippen molar-refractivity contribution in [2.24, 2.45) is 11.7 Å². The van der Waals surface area contributed by atoms with Crippen LogP contribution in [0.1, 0.15) is 36.8 Å². The average Bonchev–Trinajstić information content (AvgIpc) is 2.31. The Morgan fingerprint density at radius 1 is 1.46 bits per heavy atom. The minimum absolute atomic E-state index is 0.